The Hall–Kier alpha value is -1.14. The molecule has 0 saturated carbocycles. The zero-order valence-corrected chi connectivity index (χ0v) is 12.9. The van der Waals surface area contributed by atoms with Gasteiger partial charge >= 0.3 is 0 Å². The van der Waals surface area contributed by atoms with Crippen molar-refractivity contribution in [2.45, 2.75) is 31.9 Å². The molecule has 1 amide bonds. The summed E-state index contributed by atoms with van der Waals surface area (Å²) in [6.07, 6.45) is 1.24. The predicted molar refractivity (Wildman–Crippen MR) is 78.0 cm³/mol. The maximum Gasteiger partial charge on any atom is 0.263 e. The van der Waals surface area contributed by atoms with Crippen molar-refractivity contribution in [1.82, 2.24) is 4.90 Å². The van der Waals surface area contributed by atoms with E-state index in [-0.39, 0.29) is 17.8 Å². The molecule has 20 heavy (non-hydrogen) atoms. The molecular weight excluding hydrogens is 327 g/mol. The minimum absolute atomic E-state index is 0.0393. The highest BCUT2D eigenvalue weighted by atomic mass is 79.9. The molecule has 2 rings (SSSR count). The number of nitrogens with zero attached hydrogens (tertiary/aromatic N) is 1. The summed E-state index contributed by atoms with van der Waals surface area (Å²) in [5.74, 6) is 0.00939. The van der Waals surface area contributed by atoms with Crippen LogP contribution in [0.15, 0.2) is 22.7 Å². The molecule has 0 bridgehead atoms. The van der Waals surface area contributed by atoms with Gasteiger partial charge in [0.25, 0.3) is 5.91 Å². The normalized spacial score (nSPS) is 20.6. The highest BCUT2D eigenvalue weighted by Gasteiger charge is 2.26. The minimum atomic E-state index is -0.623. The number of nitrogens with two attached hydrogens (primary N) is 1. The highest BCUT2D eigenvalue weighted by Crippen LogP contribution is 2.26. The van der Waals surface area contributed by atoms with Crippen LogP contribution in [0.4, 0.5) is 4.39 Å². The van der Waals surface area contributed by atoms with Gasteiger partial charge in [-0.3, -0.25) is 4.79 Å². The first-order chi connectivity index (χ1) is 9.47. The molecule has 0 aliphatic carbocycles. The van der Waals surface area contributed by atoms with E-state index in [2.05, 4.69) is 15.9 Å². The molecular formula is C14H18BrFN2O2. The number of rotatable bonds is 3. The number of hydrogen-bond acceptors (Lipinski definition) is 3. The lowest BCUT2D eigenvalue weighted by molar-refractivity contribution is -0.139. The van der Waals surface area contributed by atoms with Crippen molar-refractivity contribution in [3.63, 3.8) is 0 Å². The number of amides is 1. The van der Waals surface area contributed by atoms with Gasteiger partial charge in [0.15, 0.2) is 6.10 Å². The third-order valence-corrected chi connectivity index (χ3v) is 3.93. The molecule has 110 valence electrons. The SMILES string of the molecule is CC(Oc1ccc(F)cc1Br)C(=O)N1CCCC(N)C1. The van der Waals surface area contributed by atoms with Gasteiger partial charge in [-0.15, -0.1) is 0 Å². The summed E-state index contributed by atoms with van der Waals surface area (Å²) in [6.45, 7) is 2.97. The van der Waals surface area contributed by atoms with Crippen LogP contribution < -0.4 is 10.5 Å². The van der Waals surface area contributed by atoms with Crippen LogP contribution in [0.5, 0.6) is 5.75 Å². The van der Waals surface area contributed by atoms with E-state index in [0.29, 0.717) is 23.3 Å². The molecule has 0 aromatic heterocycles. The Morgan fingerprint density at radius 3 is 3.00 bits per heavy atom. The number of piperidine rings is 1. The molecule has 0 radical (unpaired) electrons. The Labute approximate surface area is 126 Å². The van der Waals surface area contributed by atoms with Crippen LogP contribution in [0, 0.1) is 5.82 Å². The third kappa shape index (κ3) is 3.70. The number of halogens is 2. The molecule has 1 aliphatic heterocycles. The second-order valence-corrected chi connectivity index (χ2v) is 5.88. The molecule has 0 spiro atoms. The van der Waals surface area contributed by atoms with E-state index in [1.165, 1.54) is 18.2 Å². The summed E-state index contributed by atoms with van der Waals surface area (Å²) in [5.41, 5.74) is 5.87. The topological polar surface area (TPSA) is 55.6 Å². The lowest BCUT2D eigenvalue weighted by Gasteiger charge is -2.32. The van der Waals surface area contributed by atoms with Crippen LogP contribution in [0.2, 0.25) is 0 Å². The van der Waals surface area contributed by atoms with Gasteiger partial charge in [0.2, 0.25) is 0 Å². The van der Waals surface area contributed by atoms with E-state index in [9.17, 15) is 9.18 Å². The number of carbonyl (C=O) groups excluding carboxylic acids is 1. The largest absolute Gasteiger partial charge is 0.480 e. The first-order valence-corrected chi connectivity index (χ1v) is 7.42. The Balaban J connectivity index is 2.00. The van der Waals surface area contributed by atoms with E-state index in [4.69, 9.17) is 10.5 Å². The van der Waals surface area contributed by atoms with Crippen molar-refractivity contribution in [3.05, 3.63) is 28.5 Å². The zero-order valence-electron chi connectivity index (χ0n) is 11.3. The molecule has 6 heteroatoms. The van der Waals surface area contributed by atoms with Gasteiger partial charge < -0.3 is 15.4 Å². The average Bonchev–Trinajstić information content (AvgIpc) is 2.41. The maximum atomic E-state index is 13.0. The average molecular weight is 345 g/mol. The second-order valence-electron chi connectivity index (χ2n) is 5.02. The van der Waals surface area contributed by atoms with Gasteiger partial charge in [-0.05, 0) is 53.9 Å². The molecule has 1 aromatic rings. The number of benzene rings is 1. The molecule has 2 unspecified atom stereocenters. The smallest absolute Gasteiger partial charge is 0.263 e. The first kappa shape index (κ1) is 15.3. The van der Waals surface area contributed by atoms with E-state index < -0.39 is 6.10 Å². The molecule has 2 atom stereocenters. The molecule has 1 fully saturated rings. The Morgan fingerprint density at radius 2 is 2.35 bits per heavy atom. The van der Waals surface area contributed by atoms with Gasteiger partial charge in [0, 0.05) is 19.1 Å². The van der Waals surface area contributed by atoms with Crippen molar-refractivity contribution in [1.29, 1.82) is 0 Å². The minimum Gasteiger partial charge on any atom is -0.480 e. The van der Waals surface area contributed by atoms with E-state index in [1.807, 2.05) is 0 Å². The third-order valence-electron chi connectivity index (χ3n) is 3.31. The van der Waals surface area contributed by atoms with Crippen LogP contribution in [-0.4, -0.2) is 36.0 Å². The fourth-order valence-corrected chi connectivity index (χ4v) is 2.72. The van der Waals surface area contributed by atoms with Crippen LogP contribution in [0.3, 0.4) is 0 Å². The second kappa shape index (κ2) is 6.54. The Morgan fingerprint density at radius 1 is 1.60 bits per heavy atom. The van der Waals surface area contributed by atoms with Crippen LogP contribution in [0.1, 0.15) is 19.8 Å². The monoisotopic (exact) mass is 344 g/mol. The molecule has 4 nitrogen and oxygen atoms in total. The maximum absolute atomic E-state index is 13.0. The Kier molecular flexibility index (Phi) is 4.99. The van der Waals surface area contributed by atoms with Crippen LogP contribution in [-0.2, 0) is 4.79 Å². The fourth-order valence-electron chi connectivity index (χ4n) is 2.28. The standard InChI is InChI=1S/C14H18BrFN2O2/c1-9(14(19)18-6-2-3-11(17)8-18)20-13-5-4-10(16)7-12(13)15/h4-5,7,9,11H,2-3,6,8,17H2,1H3. The molecule has 1 aromatic carbocycles. The van der Waals surface area contributed by atoms with Gasteiger partial charge in [-0.1, -0.05) is 0 Å². The number of carbonyl (C=O) groups is 1. The first-order valence-electron chi connectivity index (χ1n) is 6.63. The molecule has 2 N–H and O–H groups in total. The van der Waals surface area contributed by atoms with Crippen LogP contribution in [0.25, 0.3) is 0 Å². The van der Waals surface area contributed by atoms with E-state index >= 15 is 0 Å². The number of ether oxygens (including phenoxy) is 1. The van der Waals surface area contributed by atoms with Crippen molar-refractivity contribution >= 4 is 21.8 Å². The predicted octanol–water partition coefficient (Wildman–Crippen LogP) is 2.31. The summed E-state index contributed by atoms with van der Waals surface area (Å²) < 4.78 is 19.1. The van der Waals surface area contributed by atoms with Crippen molar-refractivity contribution in [2.24, 2.45) is 5.73 Å². The summed E-state index contributed by atoms with van der Waals surface area (Å²) in [7, 11) is 0. The van der Waals surface area contributed by atoms with Gasteiger partial charge in [0.05, 0.1) is 4.47 Å². The fraction of sp³-hybridized carbons (Fsp3) is 0.500. The summed E-state index contributed by atoms with van der Waals surface area (Å²) in [6, 6.07) is 4.15. The van der Waals surface area contributed by atoms with Crippen LogP contribution >= 0.6 is 15.9 Å². The highest BCUT2D eigenvalue weighted by molar-refractivity contribution is 9.10. The molecule has 1 heterocycles. The van der Waals surface area contributed by atoms with Gasteiger partial charge in [-0.2, -0.15) is 0 Å². The molecule has 1 aliphatic rings. The Bertz CT molecular complexity index is 498. The number of hydrogen-bond donors (Lipinski definition) is 1. The van der Waals surface area contributed by atoms with Crippen molar-refractivity contribution < 1.29 is 13.9 Å². The lowest BCUT2D eigenvalue weighted by atomic mass is 10.1. The van der Waals surface area contributed by atoms with Gasteiger partial charge in [-0.25, -0.2) is 4.39 Å². The number of likely N-dealkylation sites (tertiary alicyclic amines) is 1. The summed E-state index contributed by atoms with van der Waals surface area (Å²) in [4.78, 5) is 14.0. The quantitative estimate of drug-likeness (QED) is 0.915. The lowest BCUT2D eigenvalue weighted by Crippen LogP contribution is -2.49. The molecule has 1 saturated heterocycles. The summed E-state index contributed by atoms with van der Waals surface area (Å²) in [5, 5.41) is 0. The zero-order chi connectivity index (χ0) is 14.7. The van der Waals surface area contributed by atoms with E-state index in [0.717, 1.165) is 12.8 Å². The van der Waals surface area contributed by atoms with Crippen molar-refractivity contribution in [2.75, 3.05) is 13.1 Å². The van der Waals surface area contributed by atoms with E-state index in [1.54, 1.807) is 11.8 Å². The van der Waals surface area contributed by atoms with Gasteiger partial charge in [0.1, 0.15) is 11.6 Å². The summed E-state index contributed by atoms with van der Waals surface area (Å²) >= 11 is 3.22. The van der Waals surface area contributed by atoms with Crippen molar-refractivity contribution in [3.8, 4) is 5.75 Å².